The second kappa shape index (κ2) is 10.5. The number of hydrogen-bond donors (Lipinski definition) is 10. The zero-order valence-corrected chi connectivity index (χ0v) is 17.8. The Bertz CT molecular complexity index is 707. The van der Waals surface area contributed by atoms with Crippen molar-refractivity contribution in [3.8, 4) is 0 Å². The van der Waals surface area contributed by atoms with Crippen molar-refractivity contribution in [2.24, 2.45) is 0 Å². The van der Waals surface area contributed by atoms with Gasteiger partial charge >= 0.3 is 5.97 Å². The van der Waals surface area contributed by atoms with E-state index in [1.54, 1.807) is 0 Å². The van der Waals surface area contributed by atoms with Gasteiger partial charge < -0.3 is 74.7 Å². The smallest absolute Gasteiger partial charge is 0.367 e. The first-order chi connectivity index (χ1) is 15.8. The molecule has 16 nitrogen and oxygen atoms in total. The number of aliphatic carboxylic acids is 1. The van der Waals surface area contributed by atoms with Crippen molar-refractivity contribution in [1.29, 1.82) is 0 Å². The van der Waals surface area contributed by atoms with E-state index in [4.69, 9.17) is 28.8 Å². The number of rotatable bonds is 6. The largest absolute Gasteiger partial charge is 0.477 e. The van der Waals surface area contributed by atoms with E-state index in [9.17, 15) is 50.8 Å². The number of hydrogen-bond acceptors (Lipinski definition) is 15. The normalized spacial score (nSPS) is 52.4. The minimum Gasteiger partial charge on any atom is -0.477 e. The lowest BCUT2D eigenvalue weighted by molar-refractivity contribution is -0.375. The molecule has 14 atom stereocenters. The van der Waals surface area contributed by atoms with Gasteiger partial charge in [-0.15, -0.1) is 0 Å². The van der Waals surface area contributed by atoms with Gasteiger partial charge in [-0.2, -0.15) is 0 Å². The summed E-state index contributed by atoms with van der Waals surface area (Å²) in [6.07, 6.45) is -21.6. The maximum atomic E-state index is 11.1. The van der Waals surface area contributed by atoms with Crippen LogP contribution in [0.3, 0.4) is 0 Å². The molecular weight excluding hydrogens is 472 g/mol. The van der Waals surface area contributed by atoms with Crippen LogP contribution in [0.2, 0.25) is 0 Å². The second-order valence-electron chi connectivity index (χ2n) is 8.41. The lowest BCUT2D eigenvalue weighted by atomic mass is 9.95. The number of carboxylic acids is 1. The predicted molar refractivity (Wildman–Crippen MR) is 100 cm³/mol. The number of ether oxygens (including phenoxy) is 5. The highest BCUT2D eigenvalue weighted by Gasteiger charge is 2.57. The molecule has 34 heavy (non-hydrogen) atoms. The second-order valence-corrected chi connectivity index (χ2v) is 8.41. The fraction of sp³-hybridized carbons (Fsp3) is 0.944. The van der Waals surface area contributed by atoms with Gasteiger partial charge in [0.25, 0.3) is 5.79 Å². The van der Waals surface area contributed by atoms with Gasteiger partial charge in [0.2, 0.25) is 0 Å². The Hall–Kier alpha value is -1.09. The molecule has 198 valence electrons. The van der Waals surface area contributed by atoms with Crippen LogP contribution in [0.25, 0.3) is 0 Å². The Kier molecular flexibility index (Phi) is 8.48. The number of aliphatic hydroxyl groups is 9. The molecule has 0 bridgehead atoms. The molecule has 3 fully saturated rings. The first kappa shape index (κ1) is 27.5. The summed E-state index contributed by atoms with van der Waals surface area (Å²) < 4.78 is 26.1. The molecule has 3 heterocycles. The molecule has 0 radical (unpaired) electrons. The molecule has 3 aliphatic heterocycles. The van der Waals surface area contributed by atoms with Gasteiger partial charge in [0.15, 0.2) is 12.6 Å². The third-order valence-electron chi connectivity index (χ3n) is 6.11. The van der Waals surface area contributed by atoms with Gasteiger partial charge in [-0.25, -0.2) is 4.79 Å². The minimum atomic E-state index is -3.10. The Balaban J connectivity index is 1.68. The minimum absolute atomic E-state index is 0.756. The monoisotopic (exact) mass is 502 g/mol. The summed E-state index contributed by atoms with van der Waals surface area (Å²) in [5, 5.41) is 99.4. The van der Waals surface area contributed by atoms with Crippen LogP contribution in [0.15, 0.2) is 0 Å². The zero-order chi connectivity index (χ0) is 25.5. The fourth-order valence-corrected chi connectivity index (χ4v) is 3.92. The first-order valence-electron chi connectivity index (χ1n) is 10.4. The average molecular weight is 502 g/mol. The number of aliphatic hydroxyl groups excluding tert-OH is 8. The Morgan fingerprint density at radius 3 is 2.06 bits per heavy atom. The van der Waals surface area contributed by atoms with Gasteiger partial charge in [-0.3, -0.25) is 0 Å². The molecule has 0 aromatic carbocycles. The van der Waals surface area contributed by atoms with E-state index in [1.807, 2.05) is 0 Å². The summed E-state index contributed by atoms with van der Waals surface area (Å²) >= 11 is 0. The van der Waals surface area contributed by atoms with Gasteiger partial charge in [0.1, 0.15) is 61.0 Å². The van der Waals surface area contributed by atoms with Crippen LogP contribution in [-0.4, -0.2) is 156 Å². The number of carboxylic acid groups (broad SMARTS) is 1. The molecule has 0 aliphatic carbocycles. The lowest BCUT2D eigenvalue weighted by Gasteiger charge is -2.47. The molecule has 0 aromatic heterocycles. The van der Waals surface area contributed by atoms with E-state index >= 15 is 0 Å². The summed E-state index contributed by atoms with van der Waals surface area (Å²) in [5.74, 6) is -5.06. The zero-order valence-electron chi connectivity index (χ0n) is 17.8. The van der Waals surface area contributed by atoms with Gasteiger partial charge in [-0.1, -0.05) is 0 Å². The Morgan fingerprint density at radius 1 is 0.882 bits per heavy atom. The van der Waals surface area contributed by atoms with Crippen molar-refractivity contribution in [3.63, 3.8) is 0 Å². The van der Waals surface area contributed by atoms with E-state index in [0.717, 1.165) is 0 Å². The topological polar surface area (TPSA) is 266 Å². The average Bonchev–Trinajstić information content (AvgIpc) is 2.80. The third-order valence-corrected chi connectivity index (χ3v) is 6.11. The predicted octanol–water partition coefficient (Wildman–Crippen LogP) is -6.45. The molecule has 0 amide bonds. The molecular formula is C18H30O16. The van der Waals surface area contributed by atoms with Crippen molar-refractivity contribution in [1.82, 2.24) is 0 Å². The van der Waals surface area contributed by atoms with Crippen LogP contribution >= 0.6 is 0 Å². The highest BCUT2D eigenvalue weighted by molar-refractivity contribution is 5.76. The molecule has 3 rings (SSSR count). The van der Waals surface area contributed by atoms with Crippen molar-refractivity contribution in [2.45, 2.75) is 92.4 Å². The van der Waals surface area contributed by atoms with E-state index in [1.165, 1.54) is 6.92 Å². The summed E-state index contributed by atoms with van der Waals surface area (Å²) in [4.78, 5) is 11.1. The van der Waals surface area contributed by atoms with Crippen LogP contribution in [0, 0.1) is 0 Å². The SMILES string of the molecule is C[C@@H]1O[C@@H](O[C@H]2[C@H](O)[C@@H](O)[C@H](O[C@@H]3CO[C@@](O)(C(=O)O)[C@@H](O)[C@H]3O)O[C@@H]2CO)[C@@H](O)[C@H](O)[C@@H]1O. The summed E-state index contributed by atoms with van der Waals surface area (Å²) in [5.41, 5.74) is 0. The molecule has 16 heteroatoms. The third kappa shape index (κ3) is 4.93. The van der Waals surface area contributed by atoms with Crippen LogP contribution < -0.4 is 0 Å². The molecule has 0 unspecified atom stereocenters. The van der Waals surface area contributed by atoms with Crippen LogP contribution in [0.4, 0.5) is 0 Å². The Morgan fingerprint density at radius 2 is 1.47 bits per heavy atom. The van der Waals surface area contributed by atoms with Crippen LogP contribution in [-0.2, 0) is 28.5 Å². The highest BCUT2D eigenvalue weighted by atomic mass is 16.8. The van der Waals surface area contributed by atoms with Crippen molar-refractivity contribution in [3.05, 3.63) is 0 Å². The van der Waals surface area contributed by atoms with Gasteiger partial charge in [0.05, 0.1) is 19.3 Å². The highest BCUT2D eigenvalue weighted by Crippen LogP contribution is 2.32. The molecule has 3 saturated heterocycles. The van der Waals surface area contributed by atoms with E-state index < -0.39 is 105 Å². The first-order valence-corrected chi connectivity index (χ1v) is 10.4. The van der Waals surface area contributed by atoms with Crippen molar-refractivity contribution >= 4 is 5.97 Å². The standard InChI is InChI=1S/C18H30O16/c1-4-7(20)9(22)11(24)15(31-4)34-13-5(2-19)32-16(12(25)10(13)23)33-6-3-30-18(29,17(27)28)14(26)8(6)21/h4-16,19-26,29H,2-3H2,1H3,(H,27,28)/t4-,5+,6+,7+,8-,9+,10+,11-,12+,13+,14-,15-,16-,18+/m0/s1. The Labute approximate surface area is 192 Å². The summed E-state index contributed by atoms with van der Waals surface area (Å²) in [6, 6.07) is 0. The lowest BCUT2D eigenvalue weighted by Crippen LogP contribution is -2.67. The van der Waals surface area contributed by atoms with Crippen molar-refractivity contribution < 1.29 is 79.5 Å². The van der Waals surface area contributed by atoms with Crippen LogP contribution in [0.1, 0.15) is 6.92 Å². The molecule has 0 saturated carbocycles. The van der Waals surface area contributed by atoms with E-state index in [2.05, 4.69) is 0 Å². The summed E-state index contributed by atoms with van der Waals surface area (Å²) in [7, 11) is 0. The molecule has 0 spiro atoms. The van der Waals surface area contributed by atoms with E-state index in [0.29, 0.717) is 0 Å². The molecule has 0 aromatic rings. The van der Waals surface area contributed by atoms with E-state index in [-0.39, 0.29) is 0 Å². The fourth-order valence-electron chi connectivity index (χ4n) is 3.92. The molecule has 10 N–H and O–H groups in total. The maximum Gasteiger partial charge on any atom is 0.367 e. The quantitative estimate of drug-likeness (QED) is 0.162. The summed E-state index contributed by atoms with van der Waals surface area (Å²) in [6.45, 7) is -0.167. The van der Waals surface area contributed by atoms with Gasteiger partial charge in [0, 0.05) is 0 Å². The maximum absolute atomic E-state index is 11.1. The van der Waals surface area contributed by atoms with Gasteiger partial charge in [-0.05, 0) is 6.92 Å². The van der Waals surface area contributed by atoms with Crippen molar-refractivity contribution in [2.75, 3.05) is 13.2 Å². The van der Waals surface area contributed by atoms with Crippen LogP contribution in [0.5, 0.6) is 0 Å². The number of carbonyl (C=O) groups is 1. The molecule has 3 aliphatic rings.